The molecule has 0 aromatic carbocycles. The summed E-state index contributed by atoms with van der Waals surface area (Å²) >= 11 is 5.38. The summed E-state index contributed by atoms with van der Waals surface area (Å²) in [5.74, 6) is 0. The molecule has 0 radical (unpaired) electrons. The van der Waals surface area contributed by atoms with Crippen LogP contribution < -0.4 is 4.84 Å². The Morgan fingerprint density at radius 2 is 1.89 bits per heavy atom. The van der Waals surface area contributed by atoms with Crippen LogP contribution in [0.15, 0.2) is 0 Å². The van der Waals surface area contributed by atoms with Crippen molar-refractivity contribution in [2.75, 3.05) is 7.11 Å². The summed E-state index contributed by atoms with van der Waals surface area (Å²) in [5.41, 5.74) is 0.0521. The van der Waals surface area contributed by atoms with E-state index < -0.39 is 0 Å². The molecule has 1 unspecified atom stereocenters. The summed E-state index contributed by atoms with van der Waals surface area (Å²) in [7, 11) is 1.63. The Morgan fingerprint density at radius 1 is 1.44 bits per heavy atom. The van der Waals surface area contributed by atoms with E-state index in [9.17, 15) is 0 Å². The SMILES string of the molecule is COC(NCl)C(C)(C)C. The minimum absolute atomic E-state index is 0.0521. The lowest BCUT2D eigenvalue weighted by Gasteiger charge is -2.27. The van der Waals surface area contributed by atoms with Crippen LogP contribution in [0.1, 0.15) is 20.8 Å². The highest BCUT2D eigenvalue weighted by atomic mass is 35.5. The lowest BCUT2D eigenvalue weighted by molar-refractivity contribution is 0.00901. The van der Waals surface area contributed by atoms with Gasteiger partial charge in [0.05, 0.1) is 0 Å². The fourth-order valence-electron chi connectivity index (χ4n) is 0.562. The molecular formula is C6H14ClNO. The number of hydrogen-bond donors (Lipinski definition) is 1. The zero-order valence-electron chi connectivity index (χ0n) is 6.36. The van der Waals surface area contributed by atoms with Crippen LogP contribution in [0.5, 0.6) is 0 Å². The Kier molecular flexibility index (Phi) is 3.48. The van der Waals surface area contributed by atoms with Crippen molar-refractivity contribution < 1.29 is 4.74 Å². The van der Waals surface area contributed by atoms with E-state index in [1.807, 2.05) is 0 Å². The molecule has 0 aliphatic rings. The van der Waals surface area contributed by atoms with E-state index in [2.05, 4.69) is 25.6 Å². The molecule has 0 amide bonds. The molecular weight excluding hydrogens is 138 g/mol. The molecule has 2 nitrogen and oxygen atoms in total. The number of rotatable bonds is 2. The van der Waals surface area contributed by atoms with Crippen molar-refractivity contribution >= 4 is 11.8 Å². The lowest BCUT2D eigenvalue weighted by Crippen LogP contribution is -2.36. The Hall–Kier alpha value is 0.210. The molecule has 3 heteroatoms. The molecule has 0 aromatic heterocycles. The number of halogens is 1. The Labute approximate surface area is 61.6 Å². The first-order valence-electron chi connectivity index (χ1n) is 2.91. The summed E-state index contributed by atoms with van der Waals surface area (Å²) in [6.07, 6.45) is -0.0841. The molecule has 0 rings (SSSR count). The number of ether oxygens (including phenoxy) is 1. The highest BCUT2D eigenvalue weighted by Gasteiger charge is 2.22. The van der Waals surface area contributed by atoms with Crippen LogP contribution in [0.4, 0.5) is 0 Å². The fourth-order valence-corrected chi connectivity index (χ4v) is 0.978. The molecule has 0 heterocycles. The van der Waals surface area contributed by atoms with Crippen molar-refractivity contribution in [1.82, 2.24) is 4.84 Å². The molecule has 0 saturated carbocycles. The second kappa shape index (κ2) is 3.40. The Balaban J connectivity index is 3.79. The van der Waals surface area contributed by atoms with Gasteiger partial charge in [0.2, 0.25) is 0 Å². The third-order valence-corrected chi connectivity index (χ3v) is 1.32. The lowest BCUT2D eigenvalue weighted by atomic mass is 9.95. The van der Waals surface area contributed by atoms with E-state index in [4.69, 9.17) is 16.5 Å². The van der Waals surface area contributed by atoms with Gasteiger partial charge in [-0.1, -0.05) is 20.8 Å². The largest absolute Gasteiger partial charge is 0.365 e. The van der Waals surface area contributed by atoms with Gasteiger partial charge in [0, 0.05) is 12.5 Å². The summed E-state index contributed by atoms with van der Waals surface area (Å²) in [6.45, 7) is 6.16. The van der Waals surface area contributed by atoms with Gasteiger partial charge in [-0.05, 0) is 11.8 Å². The molecule has 0 aliphatic heterocycles. The van der Waals surface area contributed by atoms with Gasteiger partial charge in [0.1, 0.15) is 6.23 Å². The Morgan fingerprint density at radius 3 is 1.89 bits per heavy atom. The maximum absolute atomic E-state index is 5.38. The molecule has 9 heavy (non-hydrogen) atoms. The minimum Gasteiger partial charge on any atom is -0.365 e. The molecule has 0 saturated heterocycles. The number of nitrogens with one attached hydrogen (secondary N) is 1. The smallest absolute Gasteiger partial charge is 0.125 e. The standard InChI is InChI=1S/C6H14ClNO/c1-6(2,3)5(8-7)9-4/h5,8H,1-4H3. The van der Waals surface area contributed by atoms with Crippen LogP contribution in [-0.2, 0) is 4.74 Å². The zero-order chi connectivity index (χ0) is 7.49. The van der Waals surface area contributed by atoms with Crippen LogP contribution in [0.25, 0.3) is 0 Å². The molecule has 0 bridgehead atoms. The summed E-state index contributed by atoms with van der Waals surface area (Å²) in [5, 5.41) is 0. The molecule has 1 atom stereocenters. The van der Waals surface area contributed by atoms with Crippen LogP contribution in [0.3, 0.4) is 0 Å². The first-order chi connectivity index (χ1) is 4.02. The molecule has 0 aromatic rings. The quantitative estimate of drug-likeness (QED) is 0.480. The molecule has 0 aliphatic carbocycles. The normalized spacial score (nSPS) is 15.7. The summed E-state index contributed by atoms with van der Waals surface area (Å²) in [4.78, 5) is 2.54. The van der Waals surface area contributed by atoms with Crippen LogP contribution in [-0.4, -0.2) is 13.3 Å². The van der Waals surface area contributed by atoms with Crippen molar-refractivity contribution in [3.8, 4) is 0 Å². The van der Waals surface area contributed by atoms with Crippen LogP contribution in [0, 0.1) is 5.41 Å². The monoisotopic (exact) mass is 151 g/mol. The van der Waals surface area contributed by atoms with Crippen molar-refractivity contribution in [2.45, 2.75) is 27.0 Å². The van der Waals surface area contributed by atoms with Crippen LogP contribution in [0.2, 0.25) is 0 Å². The van der Waals surface area contributed by atoms with Gasteiger partial charge in [-0.3, -0.25) is 0 Å². The van der Waals surface area contributed by atoms with Gasteiger partial charge >= 0.3 is 0 Å². The van der Waals surface area contributed by atoms with E-state index >= 15 is 0 Å². The average molecular weight is 152 g/mol. The van der Waals surface area contributed by atoms with E-state index in [1.54, 1.807) is 7.11 Å². The van der Waals surface area contributed by atoms with Crippen LogP contribution >= 0.6 is 11.8 Å². The van der Waals surface area contributed by atoms with E-state index in [-0.39, 0.29) is 11.6 Å². The van der Waals surface area contributed by atoms with E-state index in [1.165, 1.54) is 0 Å². The maximum atomic E-state index is 5.38. The maximum Gasteiger partial charge on any atom is 0.125 e. The molecule has 1 N–H and O–H groups in total. The Bertz CT molecular complexity index is 75.6. The molecule has 0 spiro atoms. The first kappa shape index (κ1) is 9.21. The predicted molar refractivity (Wildman–Crippen MR) is 39.2 cm³/mol. The zero-order valence-corrected chi connectivity index (χ0v) is 7.12. The van der Waals surface area contributed by atoms with Crippen molar-refractivity contribution in [2.24, 2.45) is 5.41 Å². The predicted octanol–water partition coefficient (Wildman–Crippen LogP) is 1.75. The highest BCUT2D eigenvalue weighted by molar-refractivity contribution is 6.13. The van der Waals surface area contributed by atoms with E-state index in [0.29, 0.717) is 0 Å². The van der Waals surface area contributed by atoms with E-state index in [0.717, 1.165) is 0 Å². The topological polar surface area (TPSA) is 21.3 Å². The van der Waals surface area contributed by atoms with Crippen molar-refractivity contribution in [1.29, 1.82) is 0 Å². The second-order valence-electron chi connectivity index (χ2n) is 3.09. The van der Waals surface area contributed by atoms with Gasteiger partial charge in [0.15, 0.2) is 0 Å². The highest BCUT2D eigenvalue weighted by Crippen LogP contribution is 2.19. The fraction of sp³-hybridized carbons (Fsp3) is 1.00. The van der Waals surface area contributed by atoms with Crippen molar-refractivity contribution in [3.05, 3.63) is 0 Å². The molecule has 0 fully saturated rings. The third-order valence-electron chi connectivity index (χ3n) is 1.12. The summed E-state index contributed by atoms with van der Waals surface area (Å²) < 4.78 is 5.02. The van der Waals surface area contributed by atoms with Gasteiger partial charge in [-0.2, -0.15) is 0 Å². The number of hydrogen-bond acceptors (Lipinski definition) is 2. The van der Waals surface area contributed by atoms with Gasteiger partial charge in [0.25, 0.3) is 0 Å². The third kappa shape index (κ3) is 3.04. The first-order valence-corrected chi connectivity index (χ1v) is 3.29. The molecule has 56 valence electrons. The van der Waals surface area contributed by atoms with Gasteiger partial charge in [-0.15, -0.1) is 0 Å². The second-order valence-corrected chi connectivity index (χ2v) is 3.31. The van der Waals surface area contributed by atoms with Crippen molar-refractivity contribution in [3.63, 3.8) is 0 Å². The van der Waals surface area contributed by atoms with Gasteiger partial charge in [-0.25, -0.2) is 4.84 Å². The van der Waals surface area contributed by atoms with Gasteiger partial charge < -0.3 is 4.74 Å². The number of methoxy groups -OCH3 is 1. The minimum atomic E-state index is -0.0841. The summed E-state index contributed by atoms with van der Waals surface area (Å²) in [6, 6.07) is 0. The average Bonchev–Trinajstić information content (AvgIpc) is 1.65.